The highest BCUT2D eigenvalue weighted by Crippen LogP contribution is 2.22. The molecule has 0 saturated heterocycles. The molecule has 1 atom stereocenters. The molecule has 4 nitrogen and oxygen atoms in total. The first-order valence-corrected chi connectivity index (χ1v) is 7.33. The maximum absolute atomic E-state index is 5.63. The van der Waals surface area contributed by atoms with Gasteiger partial charge in [0.25, 0.3) is 0 Å². The average Bonchev–Trinajstić information content (AvgIpc) is 2.93. The lowest BCUT2D eigenvalue weighted by Gasteiger charge is -2.12. The van der Waals surface area contributed by atoms with Crippen LogP contribution in [0.5, 0.6) is 0 Å². The summed E-state index contributed by atoms with van der Waals surface area (Å²) in [5, 5.41) is 7.96. The minimum Gasteiger partial charge on any atom is -0.465 e. The molecule has 0 aliphatic carbocycles. The molecule has 1 unspecified atom stereocenters. The summed E-state index contributed by atoms with van der Waals surface area (Å²) >= 11 is 3.61. The van der Waals surface area contributed by atoms with Gasteiger partial charge >= 0.3 is 0 Å². The van der Waals surface area contributed by atoms with Gasteiger partial charge < -0.3 is 9.73 Å². The Morgan fingerprint density at radius 3 is 2.74 bits per heavy atom. The summed E-state index contributed by atoms with van der Waals surface area (Å²) in [5.74, 6) is 1.91. The first-order valence-electron chi connectivity index (χ1n) is 6.54. The summed E-state index contributed by atoms with van der Waals surface area (Å²) in [6.07, 6.45) is 0. The number of hydrogen-bond donors (Lipinski definition) is 1. The van der Waals surface area contributed by atoms with Gasteiger partial charge in [0.15, 0.2) is 0 Å². The van der Waals surface area contributed by atoms with Crippen LogP contribution in [0, 0.1) is 13.8 Å². The molecule has 0 saturated carbocycles. The molecule has 1 N–H and O–H groups in total. The van der Waals surface area contributed by atoms with E-state index in [9.17, 15) is 0 Å². The van der Waals surface area contributed by atoms with Crippen LogP contribution < -0.4 is 5.32 Å². The molecule has 0 aliphatic heterocycles. The molecule has 104 valence electrons. The van der Waals surface area contributed by atoms with Crippen molar-refractivity contribution in [2.45, 2.75) is 46.8 Å². The molecule has 2 heterocycles. The van der Waals surface area contributed by atoms with Crippen molar-refractivity contribution in [3.63, 3.8) is 0 Å². The minimum absolute atomic E-state index is 0.182. The second kappa shape index (κ2) is 5.92. The zero-order valence-electron chi connectivity index (χ0n) is 11.8. The van der Waals surface area contributed by atoms with Gasteiger partial charge in [0.1, 0.15) is 11.5 Å². The number of aromatic nitrogens is 2. The van der Waals surface area contributed by atoms with E-state index in [0.717, 1.165) is 34.8 Å². The van der Waals surface area contributed by atoms with Gasteiger partial charge in [0.05, 0.1) is 21.9 Å². The van der Waals surface area contributed by atoms with Gasteiger partial charge in [-0.2, -0.15) is 5.10 Å². The van der Waals surface area contributed by atoms with Crippen LogP contribution in [0.3, 0.4) is 0 Å². The standard InChI is InChI=1S/C14H20BrN3O/c1-5-18-12(14(15)11(4)17-18)8-16-10(3)13-7-6-9(2)19-13/h6-7,10,16H,5,8H2,1-4H3. The van der Waals surface area contributed by atoms with E-state index >= 15 is 0 Å². The van der Waals surface area contributed by atoms with E-state index in [1.54, 1.807) is 0 Å². The van der Waals surface area contributed by atoms with Crippen molar-refractivity contribution in [2.75, 3.05) is 0 Å². The number of rotatable bonds is 5. The molecule has 0 aromatic carbocycles. The number of furan rings is 1. The Morgan fingerprint density at radius 1 is 1.42 bits per heavy atom. The third-order valence-corrected chi connectivity index (χ3v) is 4.25. The Balaban J connectivity index is 2.06. The number of nitrogens with zero attached hydrogens (tertiary/aromatic N) is 2. The third-order valence-electron chi connectivity index (χ3n) is 3.22. The lowest BCUT2D eigenvalue weighted by Crippen LogP contribution is -2.20. The van der Waals surface area contributed by atoms with E-state index in [1.807, 2.05) is 30.7 Å². The van der Waals surface area contributed by atoms with Gasteiger partial charge in [-0.05, 0) is 55.8 Å². The maximum atomic E-state index is 5.63. The maximum Gasteiger partial charge on any atom is 0.120 e. The van der Waals surface area contributed by atoms with E-state index in [4.69, 9.17) is 4.42 Å². The predicted octanol–water partition coefficient (Wildman–Crippen LogP) is 3.73. The highest BCUT2D eigenvalue weighted by molar-refractivity contribution is 9.10. The normalized spacial score (nSPS) is 12.9. The lowest BCUT2D eigenvalue weighted by atomic mass is 10.2. The van der Waals surface area contributed by atoms with Gasteiger partial charge in [-0.1, -0.05) is 0 Å². The fourth-order valence-electron chi connectivity index (χ4n) is 2.07. The quantitative estimate of drug-likeness (QED) is 0.910. The Labute approximate surface area is 122 Å². The van der Waals surface area contributed by atoms with Crippen molar-refractivity contribution in [2.24, 2.45) is 0 Å². The molecular formula is C14H20BrN3O. The third kappa shape index (κ3) is 3.09. The first-order chi connectivity index (χ1) is 9.02. The topological polar surface area (TPSA) is 43.0 Å². The zero-order valence-corrected chi connectivity index (χ0v) is 13.4. The van der Waals surface area contributed by atoms with Crippen LogP contribution in [0.25, 0.3) is 0 Å². The Kier molecular flexibility index (Phi) is 4.47. The van der Waals surface area contributed by atoms with E-state index < -0.39 is 0 Å². The monoisotopic (exact) mass is 325 g/mol. The largest absolute Gasteiger partial charge is 0.465 e. The van der Waals surface area contributed by atoms with Crippen LogP contribution in [0.1, 0.15) is 42.8 Å². The van der Waals surface area contributed by atoms with Crippen molar-refractivity contribution >= 4 is 15.9 Å². The van der Waals surface area contributed by atoms with Crippen LogP contribution in [-0.4, -0.2) is 9.78 Å². The van der Waals surface area contributed by atoms with Gasteiger partial charge in [-0.25, -0.2) is 0 Å². The van der Waals surface area contributed by atoms with E-state index in [1.165, 1.54) is 5.69 Å². The molecule has 2 rings (SSSR count). The van der Waals surface area contributed by atoms with Gasteiger partial charge in [0.2, 0.25) is 0 Å². The molecule has 0 radical (unpaired) electrons. The summed E-state index contributed by atoms with van der Waals surface area (Å²) in [5.41, 5.74) is 2.20. The lowest BCUT2D eigenvalue weighted by molar-refractivity contribution is 0.410. The molecule has 5 heteroatoms. The van der Waals surface area contributed by atoms with Crippen molar-refractivity contribution in [3.05, 3.63) is 39.5 Å². The van der Waals surface area contributed by atoms with E-state index in [0.29, 0.717) is 0 Å². The molecule has 0 spiro atoms. The molecule has 2 aromatic rings. The van der Waals surface area contributed by atoms with Crippen molar-refractivity contribution in [3.8, 4) is 0 Å². The smallest absolute Gasteiger partial charge is 0.120 e. The Bertz CT molecular complexity index is 559. The number of aryl methyl sites for hydroxylation is 3. The molecular weight excluding hydrogens is 306 g/mol. The van der Waals surface area contributed by atoms with E-state index in [2.05, 4.69) is 40.2 Å². The summed E-state index contributed by atoms with van der Waals surface area (Å²) in [6.45, 7) is 9.81. The van der Waals surface area contributed by atoms with Gasteiger partial charge in [-0.3, -0.25) is 4.68 Å². The van der Waals surface area contributed by atoms with Crippen molar-refractivity contribution in [1.82, 2.24) is 15.1 Å². The van der Waals surface area contributed by atoms with Crippen molar-refractivity contribution in [1.29, 1.82) is 0 Å². The van der Waals surface area contributed by atoms with Crippen LogP contribution in [0.4, 0.5) is 0 Å². The molecule has 0 fully saturated rings. The van der Waals surface area contributed by atoms with Crippen LogP contribution in [-0.2, 0) is 13.1 Å². The van der Waals surface area contributed by atoms with E-state index in [-0.39, 0.29) is 6.04 Å². The van der Waals surface area contributed by atoms with Crippen molar-refractivity contribution < 1.29 is 4.42 Å². The zero-order chi connectivity index (χ0) is 14.0. The highest BCUT2D eigenvalue weighted by Gasteiger charge is 2.14. The SMILES string of the molecule is CCn1nc(C)c(Br)c1CNC(C)c1ccc(C)o1. The highest BCUT2D eigenvalue weighted by atomic mass is 79.9. The Morgan fingerprint density at radius 2 is 2.16 bits per heavy atom. The Hall–Kier alpha value is -1.07. The number of hydrogen-bond acceptors (Lipinski definition) is 3. The van der Waals surface area contributed by atoms with Gasteiger partial charge in [-0.15, -0.1) is 0 Å². The number of halogens is 1. The molecule has 2 aromatic heterocycles. The molecule has 0 amide bonds. The summed E-state index contributed by atoms with van der Waals surface area (Å²) < 4.78 is 8.74. The predicted molar refractivity (Wildman–Crippen MR) is 79.0 cm³/mol. The summed E-state index contributed by atoms with van der Waals surface area (Å²) in [6, 6.07) is 4.19. The summed E-state index contributed by atoms with van der Waals surface area (Å²) in [7, 11) is 0. The minimum atomic E-state index is 0.182. The van der Waals surface area contributed by atoms with Gasteiger partial charge in [0, 0.05) is 13.1 Å². The number of nitrogens with one attached hydrogen (secondary N) is 1. The second-order valence-electron chi connectivity index (χ2n) is 4.71. The van der Waals surface area contributed by atoms with Crippen LogP contribution in [0.2, 0.25) is 0 Å². The van der Waals surface area contributed by atoms with Crippen LogP contribution >= 0.6 is 15.9 Å². The molecule has 19 heavy (non-hydrogen) atoms. The fraction of sp³-hybridized carbons (Fsp3) is 0.500. The first kappa shape index (κ1) is 14.3. The second-order valence-corrected chi connectivity index (χ2v) is 5.51. The molecule has 0 aliphatic rings. The summed E-state index contributed by atoms with van der Waals surface area (Å²) in [4.78, 5) is 0. The fourth-order valence-corrected chi connectivity index (χ4v) is 2.50. The molecule has 0 bridgehead atoms. The van der Waals surface area contributed by atoms with Crippen LogP contribution in [0.15, 0.2) is 21.0 Å². The average molecular weight is 326 g/mol.